The minimum atomic E-state index is -0.511. The topological polar surface area (TPSA) is 90.0 Å². The molecule has 0 aliphatic carbocycles. The Labute approximate surface area is 147 Å². The van der Waals surface area contributed by atoms with Crippen molar-refractivity contribution in [3.05, 3.63) is 24.0 Å². The van der Waals surface area contributed by atoms with Crippen molar-refractivity contribution in [3.8, 4) is 5.75 Å². The molecule has 2 amide bonds. The number of pyridine rings is 1. The molecular weight excluding hydrogens is 326 g/mol. The molecule has 1 aromatic heterocycles. The number of hydrogen-bond acceptors (Lipinski definition) is 6. The second-order valence-electron chi connectivity index (χ2n) is 6.80. The normalized spacial score (nSPS) is 16.6. The monoisotopic (exact) mass is 351 g/mol. The van der Waals surface area contributed by atoms with Gasteiger partial charge in [-0.15, -0.1) is 0 Å². The third-order valence-corrected chi connectivity index (χ3v) is 3.61. The van der Waals surface area contributed by atoms with Gasteiger partial charge in [0.1, 0.15) is 18.0 Å². The zero-order valence-corrected chi connectivity index (χ0v) is 15.1. The fourth-order valence-electron chi connectivity index (χ4n) is 2.25. The van der Waals surface area contributed by atoms with E-state index in [2.05, 4.69) is 15.0 Å². The third kappa shape index (κ3) is 5.81. The fraction of sp³-hybridized carbons (Fsp3) is 0.588. The van der Waals surface area contributed by atoms with Crippen molar-refractivity contribution in [1.29, 1.82) is 0 Å². The Morgan fingerprint density at radius 3 is 2.72 bits per heavy atom. The van der Waals surface area contributed by atoms with Gasteiger partial charge in [-0.25, -0.2) is 9.59 Å². The number of ether oxygens (including phenoxy) is 3. The number of amides is 2. The van der Waals surface area contributed by atoms with E-state index in [1.165, 1.54) is 7.11 Å². The van der Waals surface area contributed by atoms with Crippen LogP contribution in [-0.4, -0.2) is 54.0 Å². The minimum Gasteiger partial charge on any atom is -0.490 e. The van der Waals surface area contributed by atoms with E-state index in [4.69, 9.17) is 9.47 Å². The second kappa shape index (κ2) is 8.04. The van der Waals surface area contributed by atoms with Crippen molar-refractivity contribution < 1.29 is 23.8 Å². The number of hydrogen-bond donors (Lipinski definition) is 1. The van der Waals surface area contributed by atoms with E-state index in [0.717, 1.165) is 12.0 Å². The first-order chi connectivity index (χ1) is 11.8. The van der Waals surface area contributed by atoms with Crippen molar-refractivity contribution >= 4 is 12.2 Å². The summed E-state index contributed by atoms with van der Waals surface area (Å²) in [6.45, 7) is 6.87. The molecule has 138 valence electrons. The summed E-state index contributed by atoms with van der Waals surface area (Å²) >= 11 is 0. The number of nitrogens with zero attached hydrogens (tertiary/aromatic N) is 2. The summed E-state index contributed by atoms with van der Waals surface area (Å²) in [4.78, 5) is 28.9. The quantitative estimate of drug-likeness (QED) is 0.876. The summed E-state index contributed by atoms with van der Waals surface area (Å²) in [5.41, 5.74) is 0.281. The van der Waals surface area contributed by atoms with E-state index >= 15 is 0 Å². The molecule has 1 aliphatic rings. The van der Waals surface area contributed by atoms with Gasteiger partial charge in [-0.3, -0.25) is 4.98 Å². The molecule has 0 unspecified atom stereocenters. The van der Waals surface area contributed by atoms with Gasteiger partial charge in [0.25, 0.3) is 0 Å². The van der Waals surface area contributed by atoms with Gasteiger partial charge < -0.3 is 24.4 Å². The van der Waals surface area contributed by atoms with Crippen LogP contribution in [0.1, 0.15) is 32.8 Å². The number of likely N-dealkylation sites (tertiary alicyclic amines) is 1. The predicted molar refractivity (Wildman–Crippen MR) is 90.3 cm³/mol. The van der Waals surface area contributed by atoms with Crippen LogP contribution in [0.3, 0.4) is 0 Å². The summed E-state index contributed by atoms with van der Waals surface area (Å²) in [6.07, 6.45) is 3.28. The van der Waals surface area contributed by atoms with Crippen LogP contribution in [-0.2, 0) is 16.0 Å². The highest BCUT2D eigenvalue weighted by Crippen LogP contribution is 2.22. The molecular formula is C17H25N3O5. The molecule has 0 aromatic carbocycles. The molecule has 1 N–H and O–H groups in total. The van der Waals surface area contributed by atoms with E-state index < -0.39 is 11.7 Å². The molecule has 2 rings (SSSR count). The van der Waals surface area contributed by atoms with Crippen LogP contribution in [0.5, 0.6) is 5.75 Å². The zero-order chi connectivity index (χ0) is 18.4. The minimum absolute atomic E-state index is 0.00768. The van der Waals surface area contributed by atoms with E-state index in [-0.39, 0.29) is 12.1 Å². The lowest BCUT2D eigenvalue weighted by atomic mass is 10.1. The van der Waals surface area contributed by atoms with Gasteiger partial charge >= 0.3 is 12.2 Å². The van der Waals surface area contributed by atoms with Gasteiger partial charge in [-0.2, -0.15) is 0 Å². The Balaban J connectivity index is 1.83. The van der Waals surface area contributed by atoms with Crippen molar-refractivity contribution in [3.63, 3.8) is 0 Å². The number of nitrogens with one attached hydrogen (secondary N) is 1. The highest BCUT2D eigenvalue weighted by molar-refractivity contribution is 5.69. The number of rotatable bonds is 5. The van der Waals surface area contributed by atoms with E-state index in [1.54, 1.807) is 23.4 Å². The maximum atomic E-state index is 12.1. The Morgan fingerprint density at radius 1 is 1.36 bits per heavy atom. The molecule has 1 aromatic rings. The lowest BCUT2D eigenvalue weighted by Gasteiger charge is -2.40. The highest BCUT2D eigenvalue weighted by Gasteiger charge is 2.35. The van der Waals surface area contributed by atoms with Crippen LogP contribution < -0.4 is 10.1 Å². The molecule has 1 saturated heterocycles. The zero-order valence-electron chi connectivity index (χ0n) is 15.1. The average molecular weight is 351 g/mol. The molecule has 8 heteroatoms. The molecule has 0 spiro atoms. The number of carbonyl (C=O) groups excluding carboxylic acids is 2. The lowest BCUT2D eigenvalue weighted by molar-refractivity contribution is -0.0141. The first-order valence-corrected chi connectivity index (χ1v) is 8.16. The molecule has 25 heavy (non-hydrogen) atoms. The van der Waals surface area contributed by atoms with Gasteiger partial charge in [0, 0.05) is 19.3 Å². The third-order valence-electron chi connectivity index (χ3n) is 3.61. The lowest BCUT2D eigenvalue weighted by Crippen LogP contribution is -2.55. The molecule has 0 saturated carbocycles. The Bertz CT molecular complexity index is 615. The number of carbonyl (C=O) groups is 2. The number of methoxy groups -OCH3 is 1. The van der Waals surface area contributed by atoms with Gasteiger partial charge in [0.2, 0.25) is 0 Å². The van der Waals surface area contributed by atoms with Crippen LogP contribution in [0.15, 0.2) is 18.5 Å². The van der Waals surface area contributed by atoms with Crippen LogP contribution in [0.25, 0.3) is 0 Å². The maximum absolute atomic E-state index is 12.1. The van der Waals surface area contributed by atoms with E-state index in [0.29, 0.717) is 25.4 Å². The van der Waals surface area contributed by atoms with Crippen molar-refractivity contribution in [2.75, 3.05) is 20.3 Å². The van der Waals surface area contributed by atoms with Crippen LogP contribution in [0, 0.1) is 0 Å². The largest absolute Gasteiger partial charge is 0.490 e. The second-order valence-corrected chi connectivity index (χ2v) is 6.80. The number of alkyl carbamates (subject to hydrolysis) is 1. The molecule has 1 fully saturated rings. The van der Waals surface area contributed by atoms with Gasteiger partial charge in [-0.05, 0) is 38.8 Å². The smallest absolute Gasteiger partial charge is 0.410 e. The summed E-state index contributed by atoms with van der Waals surface area (Å²) in [5, 5.41) is 2.58. The summed E-state index contributed by atoms with van der Waals surface area (Å²) in [5.74, 6) is 0.584. The van der Waals surface area contributed by atoms with Crippen molar-refractivity contribution in [1.82, 2.24) is 15.2 Å². The molecule has 1 aliphatic heterocycles. The van der Waals surface area contributed by atoms with Gasteiger partial charge in [0.05, 0.1) is 19.3 Å². The average Bonchev–Trinajstić information content (AvgIpc) is 2.50. The molecule has 0 bridgehead atoms. The number of aromatic nitrogens is 1. The Morgan fingerprint density at radius 2 is 2.12 bits per heavy atom. The van der Waals surface area contributed by atoms with Crippen LogP contribution in [0.4, 0.5) is 9.59 Å². The SMILES string of the molecule is COC(=O)NCc1cncc(OC[C@@H]2CCN2C(=O)OC(C)(C)C)c1. The first-order valence-electron chi connectivity index (χ1n) is 8.16. The van der Waals surface area contributed by atoms with Gasteiger partial charge in [-0.1, -0.05) is 0 Å². The first kappa shape index (κ1) is 18.8. The Kier molecular flexibility index (Phi) is 6.06. The predicted octanol–water partition coefficient (Wildman–Crippen LogP) is 2.33. The molecule has 1 atom stereocenters. The fourth-order valence-corrected chi connectivity index (χ4v) is 2.25. The molecule has 2 heterocycles. The summed E-state index contributed by atoms with van der Waals surface area (Å²) < 4.78 is 15.6. The maximum Gasteiger partial charge on any atom is 0.410 e. The van der Waals surface area contributed by atoms with Crippen molar-refractivity contribution in [2.24, 2.45) is 0 Å². The standard InChI is InChI=1S/C17H25N3O5/c1-17(2,3)25-16(22)20-6-5-13(20)11-24-14-7-12(8-18-10-14)9-19-15(21)23-4/h7-8,10,13H,5-6,9,11H2,1-4H3,(H,19,21)/t13-/m0/s1. The molecule has 8 nitrogen and oxygen atoms in total. The Hall–Kier alpha value is -2.51. The highest BCUT2D eigenvalue weighted by atomic mass is 16.6. The van der Waals surface area contributed by atoms with Crippen molar-refractivity contribution in [2.45, 2.75) is 45.4 Å². The van der Waals surface area contributed by atoms with E-state index in [9.17, 15) is 9.59 Å². The summed E-state index contributed by atoms with van der Waals surface area (Å²) in [6, 6.07) is 1.78. The molecule has 0 radical (unpaired) electrons. The van der Waals surface area contributed by atoms with Crippen LogP contribution in [0.2, 0.25) is 0 Å². The van der Waals surface area contributed by atoms with E-state index in [1.807, 2.05) is 20.8 Å². The van der Waals surface area contributed by atoms with Crippen LogP contribution >= 0.6 is 0 Å². The van der Waals surface area contributed by atoms with Gasteiger partial charge in [0.15, 0.2) is 0 Å². The summed E-state index contributed by atoms with van der Waals surface area (Å²) in [7, 11) is 1.31.